The first-order valence-electron chi connectivity index (χ1n) is 11.8. The molecular formula is C22H54O3Si4. The molecule has 0 spiro atoms. The summed E-state index contributed by atoms with van der Waals surface area (Å²) in [7, 11) is -6.96. The fraction of sp³-hybridized carbons (Fsp3) is 1.00. The smallest absolute Gasteiger partial charge is 0.308 e. The quantitative estimate of drug-likeness (QED) is 0.254. The maximum Gasteiger partial charge on any atom is 0.308 e. The van der Waals surface area contributed by atoms with Gasteiger partial charge >= 0.3 is 9.28 Å². The molecule has 0 aliphatic carbocycles. The third-order valence-corrected chi connectivity index (χ3v) is 21.0. The molecule has 0 saturated carbocycles. The summed E-state index contributed by atoms with van der Waals surface area (Å²) in [5, 5.41) is 0.000292. The van der Waals surface area contributed by atoms with E-state index in [1.165, 1.54) is 0 Å². The van der Waals surface area contributed by atoms with Crippen molar-refractivity contribution < 1.29 is 13.0 Å². The summed E-state index contributed by atoms with van der Waals surface area (Å²) in [5.41, 5.74) is -0.217. The van der Waals surface area contributed by atoms with Crippen molar-refractivity contribution in [3.05, 3.63) is 0 Å². The maximum atomic E-state index is 7.27. The number of hydrogen-bond donors (Lipinski definition) is 0. The van der Waals surface area contributed by atoms with Crippen LogP contribution in [0.4, 0.5) is 0 Å². The Labute approximate surface area is 188 Å². The summed E-state index contributed by atoms with van der Waals surface area (Å²) in [5.74, 6) is 0. The van der Waals surface area contributed by atoms with E-state index in [4.69, 9.17) is 13.0 Å². The van der Waals surface area contributed by atoms with Gasteiger partial charge in [0.05, 0.1) is 13.7 Å². The topological polar surface area (TPSA) is 27.7 Å². The molecule has 7 heteroatoms. The Balaban J connectivity index is 6.15. The van der Waals surface area contributed by atoms with Crippen molar-refractivity contribution in [2.45, 2.75) is 142 Å². The molecule has 0 radical (unpaired) electrons. The van der Waals surface area contributed by atoms with Crippen molar-refractivity contribution in [2.24, 2.45) is 0 Å². The second kappa shape index (κ2) is 10.1. The zero-order valence-corrected chi connectivity index (χ0v) is 26.8. The Hall–Kier alpha value is 0.748. The molecule has 176 valence electrons. The highest BCUT2D eigenvalue weighted by Crippen LogP contribution is 2.56. The summed E-state index contributed by atoms with van der Waals surface area (Å²) in [6, 6.07) is 0. The van der Waals surface area contributed by atoms with Crippen LogP contribution < -0.4 is 0 Å². The summed E-state index contributed by atoms with van der Waals surface area (Å²) in [4.78, 5) is 0. The van der Waals surface area contributed by atoms with Crippen LogP contribution in [0.25, 0.3) is 0 Å². The maximum absolute atomic E-state index is 7.27. The molecule has 0 bridgehead atoms. The highest BCUT2D eigenvalue weighted by molar-refractivity contribution is 6.81. The van der Waals surface area contributed by atoms with E-state index in [9.17, 15) is 0 Å². The summed E-state index contributed by atoms with van der Waals surface area (Å²) in [6.07, 6.45) is 4.32. The molecule has 0 fully saturated rings. The monoisotopic (exact) mass is 478 g/mol. The molecular weight excluding hydrogens is 425 g/mol. The fourth-order valence-electron chi connectivity index (χ4n) is 4.70. The molecule has 0 N–H and O–H groups in total. The van der Waals surface area contributed by atoms with Crippen molar-refractivity contribution in [3.8, 4) is 0 Å². The van der Waals surface area contributed by atoms with Gasteiger partial charge in [0.25, 0.3) is 0 Å². The first-order valence-corrected chi connectivity index (χ1v) is 23.7. The number of rotatable bonds is 13. The molecule has 0 aromatic heterocycles. The predicted molar refractivity (Wildman–Crippen MR) is 141 cm³/mol. The summed E-state index contributed by atoms with van der Waals surface area (Å²) in [6.45, 7) is 35.3. The molecule has 0 rings (SSSR count). The lowest BCUT2D eigenvalue weighted by Gasteiger charge is -2.57. The average Bonchev–Trinajstić information content (AvgIpc) is 2.50. The van der Waals surface area contributed by atoms with Crippen LogP contribution >= 0.6 is 0 Å². The van der Waals surface area contributed by atoms with E-state index in [0.29, 0.717) is 0 Å². The van der Waals surface area contributed by atoms with Crippen molar-refractivity contribution in [1.29, 1.82) is 0 Å². The first kappa shape index (κ1) is 29.7. The van der Waals surface area contributed by atoms with Gasteiger partial charge in [-0.2, -0.15) is 0 Å². The predicted octanol–water partition coefficient (Wildman–Crippen LogP) is 7.70. The molecule has 3 nitrogen and oxygen atoms in total. The fourth-order valence-corrected chi connectivity index (χ4v) is 17.0. The van der Waals surface area contributed by atoms with Gasteiger partial charge in [-0.15, -0.1) is 0 Å². The third kappa shape index (κ3) is 7.12. The van der Waals surface area contributed by atoms with Gasteiger partial charge in [0.1, 0.15) is 0 Å². The SMILES string of the molecule is CCCC(C)(O[SiH](C)O[Si](C)(C)C)C(C)(CC)[Si](C)(C)OC(C)(CC)[Si](C)(C)C. The summed E-state index contributed by atoms with van der Waals surface area (Å²) >= 11 is 0. The minimum absolute atomic E-state index is 0.00978. The Bertz CT molecular complexity index is 515. The Morgan fingerprint density at radius 3 is 1.59 bits per heavy atom. The van der Waals surface area contributed by atoms with E-state index >= 15 is 0 Å². The molecule has 0 saturated heterocycles. The van der Waals surface area contributed by atoms with Crippen molar-refractivity contribution >= 4 is 34.0 Å². The van der Waals surface area contributed by atoms with Gasteiger partial charge in [0, 0.05) is 10.3 Å². The molecule has 4 unspecified atom stereocenters. The van der Waals surface area contributed by atoms with Gasteiger partial charge in [0.2, 0.25) is 0 Å². The third-order valence-electron chi connectivity index (χ3n) is 7.62. The van der Waals surface area contributed by atoms with E-state index in [1.54, 1.807) is 0 Å². The minimum atomic E-state index is -2.13. The zero-order valence-electron chi connectivity index (χ0n) is 22.6. The average molecular weight is 479 g/mol. The van der Waals surface area contributed by atoms with Crippen LogP contribution in [0.15, 0.2) is 0 Å². The van der Waals surface area contributed by atoms with Gasteiger partial charge in [-0.25, -0.2) is 0 Å². The Morgan fingerprint density at radius 1 is 0.793 bits per heavy atom. The standard InChI is InChI=1S/C22H54O3Si4/c1-16-19-20(4,23-26(7)25-28(11,12)13)21(5,17-2)29(14,15)24-22(6,18-3)27(8,9)10/h26H,16-19H2,1-15H3. The number of hydrogen-bond acceptors (Lipinski definition) is 3. The van der Waals surface area contributed by atoms with Gasteiger partial charge in [-0.1, -0.05) is 53.8 Å². The Morgan fingerprint density at radius 2 is 1.28 bits per heavy atom. The second-order valence-corrected chi connectivity index (χ2v) is 28.5. The Kier molecular flexibility index (Phi) is 10.4. The first-order chi connectivity index (χ1) is 12.7. The van der Waals surface area contributed by atoms with Gasteiger partial charge in [-0.05, 0) is 72.4 Å². The van der Waals surface area contributed by atoms with Crippen LogP contribution in [-0.2, 0) is 13.0 Å². The lowest BCUT2D eigenvalue weighted by molar-refractivity contribution is -0.00270. The van der Waals surface area contributed by atoms with Crippen LogP contribution in [0.3, 0.4) is 0 Å². The van der Waals surface area contributed by atoms with E-state index in [2.05, 4.69) is 100 Å². The van der Waals surface area contributed by atoms with Crippen LogP contribution in [0.1, 0.15) is 67.2 Å². The van der Waals surface area contributed by atoms with Crippen LogP contribution in [0.5, 0.6) is 0 Å². The molecule has 0 heterocycles. The van der Waals surface area contributed by atoms with Gasteiger partial charge in [0.15, 0.2) is 16.6 Å². The zero-order chi connectivity index (χ0) is 23.5. The van der Waals surface area contributed by atoms with Gasteiger partial charge < -0.3 is 13.0 Å². The molecule has 0 aromatic rings. The van der Waals surface area contributed by atoms with E-state index in [0.717, 1.165) is 25.7 Å². The lowest BCUT2D eigenvalue weighted by Crippen LogP contribution is -2.64. The van der Waals surface area contributed by atoms with Crippen molar-refractivity contribution in [3.63, 3.8) is 0 Å². The van der Waals surface area contributed by atoms with E-state index < -0.39 is 34.0 Å². The molecule has 0 aliphatic heterocycles. The van der Waals surface area contributed by atoms with Gasteiger partial charge in [-0.3, -0.25) is 0 Å². The molecule has 29 heavy (non-hydrogen) atoms. The van der Waals surface area contributed by atoms with Crippen LogP contribution in [-0.4, -0.2) is 44.8 Å². The highest BCUT2D eigenvalue weighted by atomic mass is 28.4. The van der Waals surface area contributed by atoms with Crippen LogP contribution in [0, 0.1) is 0 Å². The van der Waals surface area contributed by atoms with Crippen molar-refractivity contribution in [1.82, 2.24) is 0 Å². The molecule has 0 aromatic carbocycles. The van der Waals surface area contributed by atoms with Crippen molar-refractivity contribution in [2.75, 3.05) is 0 Å². The highest BCUT2D eigenvalue weighted by Gasteiger charge is 2.59. The molecule has 0 aliphatic rings. The largest absolute Gasteiger partial charge is 0.438 e. The van der Waals surface area contributed by atoms with E-state index in [-0.39, 0.29) is 15.9 Å². The lowest BCUT2D eigenvalue weighted by atomic mass is 9.83. The van der Waals surface area contributed by atoms with Crippen LogP contribution in [0.2, 0.25) is 64.0 Å². The normalized spacial score (nSPS) is 21.2. The summed E-state index contributed by atoms with van der Waals surface area (Å²) < 4.78 is 20.7. The minimum Gasteiger partial charge on any atom is -0.438 e. The van der Waals surface area contributed by atoms with E-state index in [1.807, 2.05) is 0 Å². The second-order valence-electron chi connectivity index (χ2n) is 12.0. The molecule has 4 atom stereocenters. The molecule has 0 amide bonds.